The van der Waals surface area contributed by atoms with Gasteiger partial charge in [0.15, 0.2) is 0 Å². The maximum Gasteiger partial charge on any atom is 0.311 e. The Labute approximate surface area is 135 Å². The van der Waals surface area contributed by atoms with Crippen LogP contribution in [0.3, 0.4) is 0 Å². The first-order valence-corrected chi connectivity index (χ1v) is 8.13. The molecule has 0 radical (unpaired) electrons. The second kappa shape index (κ2) is 5.62. The number of likely N-dealkylation sites (tertiary alicyclic amines) is 1. The van der Waals surface area contributed by atoms with E-state index in [-0.39, 0.29) is 18.3 Å². The van der Waals surface area contributed by atoms with E-state index in [1.165, 1.54) is 6.07 Å². The number of hydrogen-bond acceptors (Lipinski definition) is 2. The van der Waals surface area contributed by atoms with Gasteiger partial charge in [0.2, 0.25) is 5.91 Å². The number of halogens is 1. The molecule has 1 unspecified atom stereocenters. The van der Waals surface area contributed by atoms with Crippen molar-refractivity contribution in [3.05, 3.63) is 35.6 Å². The fourth-order valence-corrected chi connectivity index (χ4v) is 3.55. The second-order valence-electron chi connectivity index (χ2n) is 7.24. The Morgan fingerprint density at radius 1 is 1.26 bits per heavy atom. The molecule has 1 aliphatic carbocycles. The summed E-state index contributed by atoms with van der Waals surface area (Å²) in [7, 11) is 0. The van der Waals surface area contributed by atoms with E-state index in [4.69, 9.17) is 0 Å². The second-order valence-corrected chi connectivity index (χ2v) is 7.24. The molecular formula is C18H22FNO3. The summed E-state index contributed by atoms with van der Waals surface area (Å²) in [5, 5.41) is 9.40. The number of nitrogens with zero attached hydrogens (tertiary/aromatic N) is 1. The van der Waals surface area contributed by atoms with Crippen molar-refractivity contribution in [3.8, 4) is 0 Å². The standard InChI is InChI=1S/C18H22FNO3/c1-17(16(22)23)7-4-10-20(12-17)15(21)18(8-9-18)11-13-5-2-3-6-14(13)19/h2-3,5-6H,4,7-12H2,1H3,(H,22,23). The van der Waals surface area contributed by atoms with Crippen LogP contribution in [0.1, 0.15) is 38.2 Å². The number of rotatable bonds is 4. The largest absolute Gasteiger partial charge is 0.481 e. The van der Waals surface area contributed by atoms with Crippen molar-refractivity contribution >= 4 is 11.9 Å². The summed E-state index contributed by atoms with van der Waals surface area (Å²) in [6.45, 7) is 2.55. The molecule has 124 valence electrons. The zero-order valence-electron chi connectivity index (χ0n) is 13.3. The molecule has 1 N–H and O–H groups in total. The van der Waals surface area contributed by atoms with Gasteiger partial charge in [-0.1, -0.05) is 18.2 Å². The number of carboxylic acid groups (broad SMARTS) is 1. The first-order valence-electron chi connectivity index (χ1n) is 8.13. The lowest BCUT2D eigenvalue weighted by atomic mass is 9.81. The quantitative estimate of drug-likeness (QED) is 0.928. The summed E-state index contributed by atoms with van der Waals surface area (Å²) in [6.07, 6.45) is 3.19. The highest BCUT2D eigenvalue weighted by atomic mass is 19.1. The third-order valence-electron chi connectivity index (χ3n) is 5.29. The Morgan fingerprint density at radius 2 is 1.96 bits per heavy atom. The van der Waals surface area contributed by atoms with Gasteiger partial charge in [0, 0.05) is 13.1 Å². The summed E-state index contributed by atoms with van der Waals surface area (Å²) >= 11 is 0. The van der Waals surface area contributed by atoms with E-state index >= 15 is 0 Å². The summed E-state index contributed by atoms with van der Waals surface area (Å²) < 4.78 is 13.9. The number of carbonyl (C=O) groups is 2. The van der Waals surface area contributed by atoms with Crippen molar-refractivity contribution in [1.82, 2.24) is 4.90 Å². The molecule has 1 atom stereocenters. The average molecular weight is 319 g/mol. The van der Waals surface area contributed by atoms with Gasteiger partial charge in [-0.3, -0.25) is 9.59 Å². The molecule has 1 aromatic carbocycles. The molecule has 4 nitrogen and oxygen atoms in total. The van der Waals surface area contributed by atoms with Crippen LogP contribution in [0.4, 0.5) is 4.39 Å². The lowest BCUT2D eigenvalue weighted by Gasteiger charge is -2.39. The third kappa shape index (κ3) is 2.96. The fraction of sp³-hybridized carbons (Fsp3) is 0.556. The predicted molar refractivity (Wildman–Crippen MR) is 83.3 cm³/mol. The van der Waals surface area contributed by atoms with Gasteiger partial charge >= 0.3 is 5.97 Å². The Hall–Kier alpha value is -1.91. The highest BCUT2D eigenvalue weighted by molar-refractivity contribution is 5.86. The lowest BCUT2D eigenvalue weighted by molar-refractivity contribution is -0.154. The van der Waals surface area contributed by atoms with E-state index in [1.807, 2.05) is 0 Å². The van der Waals surface area contributed by atoms with Gasteiger partial charge in [0.25, 0.3) is 0 Å². The first-order chi connectivity index (χ1) is 10.9. The highest BCUT2D eigenvalue weighted by Crippen LogP contribution is 2.51. The van der Waals surface area contributed by atoms with E-state index in [2.05, 4.69) is 0 Å². The smallest absolute Gasteiger partial charge is 0.311 e. The van der Waals surface area contributed by atoms with Crippen LogP contribution in [-0.4, -0.2) is 35.0 Å². The number of amides is 1. The van der Waals surface area contributed by atoms with Crippen LogP contribution < -0.4 is 0 Å². The summed E-state index contributed by atoms with van der Waals surface area (Å²) in [5.74, 6) is -1.14. The monoisotopic (exact) mass is 319 g/mol. The number of carbonyl (C=O) groups excluding carboxylic acids is 1. The molecule has 5 heteroatoms. The predicted octanol–water partition coefficient (Wildman–Crippen LogP) is 2.86. The van der Waals surface area contributed by atoms with Gasteiger partial charge in [-0.15, -0.1) is 0 Å². The number of hydrogen-bond donors (Lipinski definition) is 1. The Kier molecular flexibility index (Phi) is 3.90. The Balaban J connectivity index is 1.75. The highest BCUT2D eigenvalue weighted by Gasteiger charge is 2.53. The molecule has 2 aliphatic rings. The van der Waals surface area contributed by atoms with Gasteiger partial charge in [-0.2, -0.15) is 0 Å². The maximum absolute atomic E-state index is 13.9. The fourth-order valence-electron chi connectivity index (χ4n) is 3.55. The van der Waals surface area contributed by atoms with Gasteiger partial charge in [0.1, 0.15) is 5.82 Å². The SMILES string of the molecule is CC1(C(=O)O)CCCN(C(=O)C2(Cc3ccccc3F)CC2)C1. The van der Waals surface area contributed by atoms with Crippen molar-refractivity contribution in [2.75, 3.05) is 13.1 Å². The van der Waals surface area contributed by atoms with Crippen LogP contribution in [-0.2, 0) is 16.0 Å². The Morgan fingerprint density at radius 3 is 2.57 bits per heavy atom. The van der Waals surface area contributed by atoms with E-state index in [0.29, 0.717) is 31.4 Å². The molecule has 1 aromatic rings. The van der Waals surface area contributed by atoms with E-state index in [1.54, 1.807) is 30.0 Å². The molecular weight excluding hydrogens is 297 g/mol. The zero-order chi connectivity index (χ0) is 16.7. The van der Waals surface area contributed by atoms with Crippen molar-refractivity contribution in [3.63, 3.8) is 0 Å². The molecule has 1 amide bonds. The zero-order valence-corrected chi connectivity index (χ0v) is 13.3. The van der Waals surface area contributed by atoms with E-state index in [0.717, 1.165) is 12.8 Å². The molecule has 0 aromatic heterocycles. The van der Waals surface area contributed by atoms with Crippen LogP contribution in [0.2, 0.25) is 0 Å². The van der Waals surface area contributed by atoms with Crippen LogP contribution in [0.5, 0.6) is 0 Å². The molecule has 3 rings (SSSR count). The molecule has 1 saturated carbocycles. The van der Waals surface area contributed by atoms with Gasteiger partial charge in [0.05, 0.1) is 10.8 Å². The maximum atomic E-state index is 13.9. The van der Waals surface area contributed by atoms with E-state index in [9.17, 15) is 19.1 Å². The third-order valence-corrected chi connectivity index (χ3v) is 5.29. The molecule has 1 heterocycles. The van der Waals surface area contributed by atoms with Crippen LogP contribution >= 0.6 is 0 Å². The number of aliphatic carboxylic acids is 1. The molecule has 0 spiro atoms. The first kappa shape index (κ1) is 16.0. The van der Waals surface area contributed by atoms with Crippen molar-refractivity contribution in [1.29, 1.82) is 0 Å². The average Bonchev–Trinajstić information content (AvgIpc) is 3.30. The minimum atomic E-state index is -0.873. The van der Waals surface area contributed by atoms with Crippen LogP contribution in [0, 0.1) is 16.6 Å². The summed E-state index contributed by atoms with van der Waals surface area (Å²) in [4.78, 5) is 26.1. The van der Waals surface area contributed by atoms with Crippen molar-refractivity contribution in [2.24, 2.45) is 10.8 Å². The topological polar surface area (TPSA) is 57.6 Å². The molecule has 0 bridgehead atoms. The minimum Gasteiger partial charge on any atom is -0.481 e. The van der Waals surface area contributed by atoms with Gasteiger partial charge in [-0.05, 0) is 50.7 Å². The normalized spacial score (nSPS) is 25.9. The summed E-state index contributed by atoms with van der Waals surface area (Å²) in [5.41, 5.74) is -0.836. The van der Waals surface area contributed by atoms with Crippen molar-refractivity contribution < 1.29 is 19.1 Å². The number of piperidine rings is 1. The lowest BCUT2D eigenvalue weighted by Crippen LogP contribution is -2.50. The minimum absolute atomic E-state index is 0.00655. The van der Waals surface area contributed by atoms with Crippen LogP contribution in [0.15, 0.2) is 24.3 Å². The molecule has 2 fully saturated rings. The summed E-state index contributed by atoms with van der Waals surface area (Å²) in [6, 6.07) is 6.56. The number of benzene rings is 1. The van der Waals surface area contributed by atoms with Gasteiger partial charge in [-0.25, -0.2) is 4.39 Å². The molecule has 23 heavy (non-hydrogen) atoms. The van der Waals surface area contributed by atoms with Gasteiger partial charge < -0.3 is 10.0 Å². The van der Waals surface area contributed by atoms with Crippen molar-refractivity contribution in [2.45, 2.75) is 39.0 Å². The van der Waals surface area contributed by atoms with Crippen LogP contribution in [0.25, 0.3) is 0 Å². The number of carboxylic acids is 1. The van der Waals surface area contributed by atoms with E-state index < -0.39 is 16.8 Å². The Bertz CT molecular complexity index is 641. The molecule has 1 saturated heterocycles. The molecule has 1 aliphatic heterocycles.